The van der Waals surface area contributed by atoms with Gasteiger partial charge in [-0.2, -0.15) is 0 Å². The van der Waals surface area contributed by atoms with Crippen molar-refractivity contribution in [3.63, 3.8) is 0 Å². The molecule has 32 heavy (non-hydrogen) atoms. The molecule has 166 valence electrons. The highest BCUT2D eigenvalue weighted by molar-refractivity contribution is 5.97. The lowest BCUT2D eigenvalue weighted by Crippen LogP contribution is -2.48. The monoisotopic (exact) mass is 434 g/mol. The van der Waals surface area contributed by atoms with Gasteiger partial charge in [0.25, 0.3) is 11.5 Å². The summed E-state index contributed by atoms with van der Waals surface area (Å²) >= 11 is 0. The molecule has 1 N–H and O–H groups in total. The summed E-state index contributed by atoms with van der Waals surface area (Å²) in [5.41, 5.74) is 1.19. The van der Waals surface area contributed by atoms with Crippen molar-refractivity contribution in [1.82, 2.24) is 14.5 Å². The highest BCUT2D eigenvalue weighted by atomic mass is 16.5. The quantitative estimate of drug-likeness (QED) is 0.677. The van der Waals surface area contributed by atoms with E-state index >= 15 is 0 Å². The fourth-order valence-electron chi connectivity index (χ4n) is 4.53. The molecule has 0 spiro atoms. The van der Waals surface area contributed by atoms with E-state index in [1.807, 2.05) is 23.1 Å². The SMILES string of the molecule is O=C(c1ccc2c(=O)n(C[C@@H]3CCCO3)c(=O)[nH]c2c1)N1CCN(c2ccccc2)CC1. The number of carbonyl (C=O) groups excluding carboxylic acids is 1. The van der Waals surface area contributed by atoms with Crippen molar-refractivity contribution in [2.45, 2.75) is 25.5 Å². The number of H-pyrrole nitrogens is 1. The number of ether oxygens (including phenoxy) is 1. The standard InChI is InChI=1S/C24H26N4O4/c29-22(27-12-10-26(11-13-27)18-5-2-1-3-6-18)17-8-9-20-21(15-17)25-24(31)28(23(20)30)16-19-7-4-14-32-19/h1-3,5-6,8-9,15,19H,4,7,10-14,16H2,(H,25,31)/t19-/m0/s1. The normalized spacial score (nSPS) is 18.9. The summed E-state index contributed by atoms with van der Waals surface area (Å²) in [6.07, 6.45) is 1.67. The molecule has 2 saturated heterocycles. The van der Waals surface area contributed by atoms with Crippen LogP contribution >= 0.6 is 0 Å². The van der Waals surface area contributed by atoms with Gasteiger partial charge in [-0.25, -0.2) is 4.79 Å². The van der Waals surface area contributed by atoms with E-state index in [0.717, 1.165) is 31.6 Å². The summed E-state index contributed by atoms with van der Waals surface area (Å²) in [6, 6.07) is 15.1. The minimum absolute atomic E-state index is 0.0935. The number of carbonyl (C=O) groups is 1. The van der Waals surface area contributed by atoms with Crippen LogP contribution in [-0.4, -0.2) is 59.2 Å². The van der Waals surface area contributed by atoms with Gasteiger partial charge in [-0.15, -0.1) is 0 Å². The van der Waals surface area contributed by atoms with Crippen LogP contribution in [0.3, 0.4) is 0 Å². The zero-order chi connectivity index (χ0) is 22.1. The van der Waals surface area contributed by atoms with Crippen LogP contribution in [0.5, 0.6) is 0 Å². The van der Waals surface area contributed by atoms with Gasteiger partial charge in [-0.3, -0.25) is 14.2 Å². The minimum Gasteiger partial charge on any atom is -0.376 e. The first kappa shape index (κ1) is 20.5. The second-order valence-electron chi connectivity index (χ2n) is 8.36. The van der Waals surface area contributed by atoms with Crippen LogP contribution in [0.1, 0.15) is 23.2 Å². The van der Waals surface area contributed by atoms with Crippen LogP contribution in [0, 0.1) is 0 Å². The molecule has 3 aromatic rings. The first-order valence-corrected chi connectivity index (χ1v) is 11.1. The van der Waals surface area contributed by atoms with Gasteiger partial charge >= 0.3 is 5.69 Å². The van der Waals surface area contributed by atoms with Crippen molar-refractivity contribution in [3.05, 3.63) is 74.9 Å². The van der Waals surface area contributed by atoms with E-state index in [9.17, 15) is 14.4 Å². The van der Waals surface area contributed by atoms with Crippen LogP contribution in [0.2, 0.25) is 0 Å². The van der Waals surface area contributed by atoms with E-state index in [-0.39, 0.29) is 24.1 Å². The van der Waals surface area contributed by atoms with Crippen LogP contribution in [-0.2, 0) is 11.3 Å². The third-order valence-corrected chi connectivity index (χ3v) is 6.33. The zero-order valence-corrected chi connectivity index (χ0v) is 17.8. The molecule has 2 aliphatic rings. The second-order valence-corrected chi connectivity index (χ2v) is 8.36. The molecule has 0 aliphatic carbocycles. The number of anilines is 1. The van der Waals surface area contributed by atoms with Gasteiger partial charge in [-0.05, 0) is 43.2 Å². The summed E-state index contributed by atoms with van der Waals surface area (Å²) in [7, 11) is 0. The van der Waals surface area contributed by atoms with Gasteiger partial charge < -0.3 is 19.5 Å². The molecule has 1 atom stereocenters. The number of piperazine rings is 1. The Labute approximate surface area is 185 Å². The Hall–Kier alpha value is -3.39. The molecule has 0 unspecified atom stereocenters. The van der Waals surface area contributed by atoms with E-state index in [0.29, 0.717) is 36.2 Å². The van der Waals surface area contributed by atoms with Crippen LogP contribution in [0.4, 0.5) is 5.69 Å². The number of hydrogen-bond acceptors (Lipinski definition) is 5. The number of aromatic amines is 1. The number of benzene rings is 2. The third kappa shape index (κ3) is 3.93. The summed E-state index contributed by atoms with van der Waals surface area (Å²) in [5, 5.41) is 0.396. The Bertz CT molecular complexity index is 1240. The summed E-state index contributed by atoms with van der Waals surface area (Å²) in [5.74, 6) is -0.0935. The van der Waals surface area contributed by atoms with Gasteiger partial charge in [0.2, 0.25) is 0 Å². The number of aromatic nitrogens is 2. The number of fused-ring (bicyclic) bond motifs is 1. The molecule has 0 radical (unpaired) electrons. The molecule has 0 bridgehead atoms. The van der Waals surface area contributed by atoms with Crippen LogP contribution < -0.4 is 16.1 Å². The fourth-order valence-corrected chi connectivity index (χ4v) is 4.53. The molecular formula is C24H26N4O4. The maximum atomic E-state index is 13.1. The summed E-state index contributed by atoms with van der Waals surface area (Å²) in [6.45, 7) is 3.66. The lowest BCUT2D eigenvalue weighted by Gasteiger charge is -2.36. The zero-order valence-electron chi connectivity index (χ0n) is 17.8. The topological polar surface area (TPSA) is 87.6 Å². The van der Waals surface area contributed by atoms with Gasteiger partial charge in [0.15, 0.2) is 0 Å². The molecular weight excluding hydrogens is 408 g/mol. The van der Waals surface area contributed by atoms with Crippen molar-refractivity contribution in [2.75, 3.05) is 37.7 Å². The third-order valence-electron chi connectivity index (χ3n) is 6.33. The van der Waals surface area contributed by atoms with E-state index < -0.39 is 5.69 Å². The smallest absolute Gasteiger partial charge is 0.328 e. The molecule has 1 aromatic heterocycles. The van der Waals surface area contributed by atoms with E-state index in [1.54, 1.807) is 18.2 Å². The maximum Gasteiger partial charge on any atom is 0.328 e. The predicted octanol–water partition coefficient (Wildman–Crippen LogP) is 1.83. The lowest BCUT2D eigenvalue weighted by molar-refractivity contribution is 0.0747. The number of nitrogens with zero attached hydrogens (tertiary/aromatic N) is 3. The number of rotatable bonds is 4. The molecule has 8 nitrogen and oxygen atoms in total. The molecule has 2 aliphatic heterocycles. The first-order valence-electron chi connectivity index (χ1n) is 11.1. The number of amides is 1. The molecule has 2 fully saturated rings. The average molecular weight is 434 g/mol. The van der Waals surface area contributed by atoms with Gasteiger partial charge in [0.1, 0.15) is 0 Å². The van der Waals surface area contributed by atoms with E-state index in [2.05, 4.69) is 22.0 Å². The van der Waals surface area contributed by atoms with E-state index in [1.165, 1.54) is 4.57 Å². The Morgan fingerprint density at radius 3 is 2.53 bits per heavy atom. The Balaban J connectivity index is 1.34. The lowest BCUT2D eigenvalue weighted by atomic mass is 10.1. The number of hydrogen-bond donors (Lipinski definition) is 1. The molecule has 1 amide bonds. The first-order chi connectivity index (χ1) is 15.6. The Morgan fingerprint density at radius 1 is 1.03 bits per heavy atom. The van der Waals surface area contributed by atoms with Crippen LogP contribution in [0.25, 0.3) is 10.9 Å². The number of nitrogens with one attached hydrogen (secondary N) is 1. The molecule has 8 heteroatoms. The number of para-hydroxylation sites is 1. The van der Waals surface area contributed by atoms with Crippen molar-refractivity contribution in [1.29, 1.82) is 0 Å². The molecule has 0 saturated carbocycles. The van der Waals surface area contributed by atoms with Gasteiger partial charge in [0.05, 0.1) is 23.6 Å². The highest BCUT2D eigenvalue weighted by Crippen LogP contribution is 2.18. The molecule has 5 rings (SSSR count). The highest BCUT2D eigenvalue weighted by Gasteiger charge is 2.23. The Kier molecular flexibility index (Phi) is 5.53. The minimum atomic E-state index is -0.473. The maximum absolute atomic E-state index is 13.1. The Morgan fingerprint density at radius 2 is 1.81 bits per heavy atom. The molecule has 2 aromatic carbocycles. The largest absolute Gasteiger partial charge is 0.376 e. The van der Waals surface area contributed by atoms with Crippen LogP contribution in [0.15, 0.2) is 58.1 Å². The van der Waals surface area contributed by atoms with Gasteiger partial charge in [-0.1, -0.05) is 18.2 Å². The molecule has 3 heterocycles. The summed E-state index contributed by atoms with van der Waals surface area (Å²) < 4.78 is 6.76. The van der Waals surface area contributed by atoms with Gasteiger partial charge in [0, 0.05) is 44.0 Å². The second kappa shape index (κ2) is 8.63. The average Bonchev–Trinajstić information content (AvgIpc) is 3.35. The van der Waals surface area contributed by atoms with Crippen molar-refractivity contribution >= 4 is 22.5 Å². The fraction of sp³-hybridized carbons (Fsp3) is 0.375. The van der Waals surface area contributed by atoms with Crippen molar-refractivity contribution < 1.29 is 9.53 Å². The van der Waals surface area contributed by atoms with Crippen molar-refractivity contribution in [2.24, 2.45) is 0 Å². The van der Waals surface area contributed by atoms with Crippen molar-refractivity contribution in [3.8, 4) is 0 Å². The summed E-state index contributed by atoms with van der Waals surface area (Å²) in [4.78, 5) is 45.3. The van der Waals surface area contributed by atoms with E-state index in [4.69, 9.17) is 4.74 Å². The predicted molar refractivity (Wildman–Crippen MR) is 122 cm³/mol.